The third kappa shape index (κ3) is 10.9. The van der Waals surface area contributed by atoms with E-state index in [4.69, 9.17) is 4.74 Å². The summed E-state index contributed by atoms with van der Waals surface area (Å²) in [4.78, 5) is 10.9. The molecule has 0 saturated carbocycles. The quantitative estimate of drug-likeness (QED) is 0.265. The molecule has 0 amide bonds. The minimum Gasteiger partial charge on any atom is -0.463 e. The number of carbonyl (C=O) groups is 1. The van der Waals surface area contributed by atoms with Crippen LogP contribution in [0.15, 0.2) is 24.3 Å². The first-order valence-electron chi connectivity index (χ1n) is 5.79. The Bertz CT molecular complexity index is 205. The molecule has 0 heterocycles. The lowest BCUT2D eigenvalue weighted by atomic mass is 10.2. The second-order valence-corrected chi connectivity index (χ2v) is 3.32. The van der Waals surface area contributed by atoms with Crippen LogP contribution >= 0.6 is 0 Å². The molecule has 0 aliphatic rings. The number of unbranched alkanes of at least 4 members (excludes halogenated alkanes) is 3. The maximum atomic E-state index is 10.9. The highest BCUT2D eigenvalue weighted by Crippen LogP contribution is 2.02. The number of hydrogen-bond acceptors (Lipinski definition) is 2. The zero-order valence-electron chi connectivity index (χ0n) is 9.87. The number of hydrogen-bond donors (Lipinski definition) is 0. The lowest BCUT2D eigenvalue weighted by Gasteiger charge is -1.95. The molecule has 15 heavy (non-hydrogen) atoms. The van der Waals surface area contributed by atoms with Crippen molar-refractivity contribution in [1.29, 1.82) is 0 Å². The van der Waals surface area contributed by atoms with Gasteiger partial charge in [-0.3, -0.25) is 0 Å². The normalized spacial score (nSPS) is 11.3. The van der Waals surface area contributed by atoms with Gasteiger partial charge in [0.15, 0.2) is 0 Å². The Morgan fingerprint density at radius 2 is 1.73 bits per heavy atom. The number of esters is 1. The molecule has 0 unspecified atom stereocenters. The monoisotopic (exact) mass is 210 g/mol. The van der Waals surface area contributed by atoms with Gasteiger partial charge in [-0.05, 0) is 39.0 Å². The van der Waals surface area contributed by atoms with Gasteiger partial charge in [0, 0.05) is 6.08 Å². The number of ether oxygens (including phenoxy) is 1. The maximum absolute atomic E-state index is 10.9. The third-order valence-electron chi connectivity index (χ3n) is 1.93. The van der Waals surface area contributed by atoms with Crippen LogP contribution in [0.5, 0.6) is 0 Å². The first-order chi connectivity index (χ1) is 7.31. The van der Waals surface area contributed by atoms with Gasteiger partial charge in [-0.15, -0.1) is 0 Å². The van der Waals surface area contributed by atoms with E-state index in [1.165, 1.54) is 12.5 Å². The topological polar surface area (TPSA) is 26.3 Å². The summed E-state index contributed by atoms with van der Waals surface area (Å²) in [6, 6.07) is 0. The Labute approximate surface area is 93.0 Å². The third-order valence-corrected chi connectivity index (χ3v) is 1.93. The molecule has 0 aromatic rings. The Balaban J connectivity index is 3.30. The molecule has 0 bridgehead atoms. The highest BCUT2D eigenvalue weighted by Gasteiger charge is 1.91. The maximum Gasteiger partial charge on any atom is 0.330 e. The smallest absolute Gasteiger partial charge is 0.330 e. The van der Waals surface area contributed by atoms with Crippen LogP contribution in [0, 0.1) is 0 Å². The fourth-order valence-corrected chi connectivity index (χ4v) is 1.18. The Hall–Kier alpha value is -1.05. The van der Waals surface area contributed by atoms with Crippen LogP contribution in [-0.4, -0.2) is 12.6 Å². The summed E-state index contributed by atoms with van der Waals surface area (Å²) in [6.45, 7) is 4.40. The first kappa shape index (κ1) is 13.9. The van der Waals surface area contributed by atoms with Crippen molar-refractivity contribution >= 4 is 5.97 Å². The van der Waals surface area contributed by atoms with Crippen molar-refractivity contribution in [2.45, 2.75) is 46.0 Å². The summed E-state index contributed by atoms with van der Waals surface area (Å²) < 4.78 is 4.76. The van der Waals surface area contributed by atoms with Crippen molar-refractivity contribution in [1.82, 2.24) is 0 Å². The van der Waals surface area contributed by atoms with E-state index in [1.807, 2.05) is 13.0 Å². The molecule has 0 saturated heterocycles. The summed E-state index contributed by atoms with van der Waals surface area (Å²) in [5.41, 5.74) is 0. The zero-order chi connectivity index (χ0) is 11.4. The van der Waals surface area contributed by atoms with Gasteiger partial charge in [-0.2, -0.15) is 0 Å². The fourth-order valence-electron chi connectivity index (χ4n) is 1.18. The Morgan fingerprint density at radius 1 is 1.07 bits per heavy atom. The van der Waals surface area contributed by atoms with Crippen molar-refractivity contribution in [3.63, 3.8) is 0 Å². The van der Waals surface area contributed by atoms with Gasteiger partial charge < -0.3 is 4.74 Å². The van der Waals surface area contributed by atoms with Crippen LogP contribution in [0.2, 0.25) is 0 Å². The van der Waals surface area contributed by atoms with Crippen molar-refractivity contribution in [3.05, 3.63) is 24.3 Å². The first-order valence-corrected chi connectivity index (χ1v) is 5.79. The highest BCUT2D eigenvalue weighted by atomic mass is 16.5. The lowest BCUT2D eigenvalue weighted by Crippen LogP contribution is -1.98. The summed E-state index contributed by atoms with van der Waals surface area (Å²) in [5.74, 6) is -0.233. The molecule has 2 heteroatoms. The predicted octanol–water partition coefficient (Wildman–Crippen LogP) is 3.63. The second-order valence-electron chi connectivity index (χ2n) is 3.32. The molecule has 0 aromatic heterocycles. The molecular formula is C13H22O2. The van der Waals surface area contributed by atoms with Gasteiger partial charge in [0.1, 0.15) is 0 Å². The van der Waals surface area contributed by atoms with Crippen molar-refractivity contribution < 1.29 is 9.53 Å². The minimum absolute atomic E-state index is 0.233. The van der Waals surface area contributed by atoms with Gasteiger partial charge in [0.2, 0.25) is 0 Å². The molecule has 2 nitrogen and oxygen atoms in total. The van der Waals surface area contributed by atoms with E-state index in [-0.39, 0.29) is 5.97 Å². The molecule has 0 aliphatic heterocycles. The molecule has 0 spiro atoms. The minimum atomic E-state index is -0.233. The Morgan fingerprint density at radius 3 is 2.33 bits per heavy atom. The summed E-state index contributed by atoms with van der Waals surface area (Å²) >= 11 is 0. The van der Waals surface area contributed by atoms with Crippen LogP contribution < -0.4 is 0 Å². The summed E-state index contributed by atoms with van der Waals surface area (Å²) in [6.07, 6.45) is 13.3. The van der Waals surface area contributed by atoms with E-state index in [2.05, 4.69) is 19.1 Å². The number of carbonyl (C=O) groups excluding carboxylic acids is 1. The average Bonchev–Trinajstić information content (AvgIpc) is 2.22. The zero-order valence-corrected chi connectivity index (χ0v) is 9.87. The summed E-state index contributed by atoms with van der Waals surface area (Å²) in [7, 11) is 0. The van der Waals surface area contributed by atoms with Gasteiger partial charge in [-0.25, -0.2) is 4.79 Å². The molecule has 0 rings (SSSR count). The van der Waals surface area contributed by atoms with Crippen LogP contribution in [0.25, 0.3) is 0 Å². The van der Waals surface area contributed by atoms with Crippen LogP contribution in [0.4, 0.5) is 0 Å². The highest BCUT2D eigenvalue weighted by molar-refractivity contribution is 5.81. The number of rotatable bonds is 8. The standard InChI is InChI=1S/C13H22O2/c1-3-5-6-7-8-9-10-11-12-13(14)15-4-2/h5-6,11-12H,3-4,7-10H2,1-2H3. The molecular weight excluding hydrogens is 188 g/mol. The van der Waals surface area contributed by atoms with Crippen molar-refractivity contribution in [3.8, 4) is 0 Å². The molecule has 0 radical (unpaired) electrons. The SMILES string of the molecule is CCC=CCCCCC=CC(=O)OCC. The van der Waals surface area contributed by atoms with E-state index in [1.54, 1.807) is 0 Å². The van der Waals surface area contributed by atoms with E-state index in [0.29, 0.717) is 6.61 Å². The number of allylic oxidation sites excluding steroid dienone is 3. The van der Waals surface area contributed by atoms with Crippen LogP contribution in [0.3, 0.4) is 0 Å². The van der Waals surface area contributed by atoms with Crippen molar-refractivity contribution in [2.24, 2.45) is 0 Å². The van der Waals surface area contributed by atoms with Gasteiger partial charge in [0.25, 0.3) is 0 Å². The van der Waals surface area contributed by atoms with Crippen LogP contribution in [0.1, 0.15) is 46.0 Å². The van der Waals surface area contributed by atoms with Crippen molar-refractivity contribution in [2.75, 3.05) is 6.61 Å². The van der Waals surface area contributed by atoms with Gasteiger partial charge in [-0.1, -0.05) is 25.2 Å². The van der Waals surface area contributed by atoms with Gasteiger partial charge >= 0.3 is 5.97 Å². The van der Waals surface area contributed by atoms with Crippen LogP contribution in [-0.2, 0) is 9.53 Å². The van der Waals surface area contributed by atoms with E-state index < -0.39 is 0 Å². The molecule has 0 aliphatic carbocycles. The molecule has 0 aromatic carbocycles. The predicted molar refractivity (Wildman–Crippen MR) is 63.7 cm³/mol. The van der Waals surface area contributed by atoms with E-state index in [0.717, 1.165) is 25.7 Å². The van der Waals surface area contributed by atoms with E-state index in [9.17, 15) is 4.79 Å². The molecule has 0 atom stereocenters. The molecule has 0 fully saturated rings. The fraction of sp³-hybridized carbons (Fsp3) is 0.615. The average molecular weight is 210 g/mol. The Kier molecular flexibility index (Phi) is 10.3. The largest absolute Gasteiger partial charge is 0.463 e. The molecule has 0 N–H and O–H groups in total. The van der Waals surface area contributed by atoms with E-state index >= 15 is 0 Å². The summed E-state index contributed by atoms with van der Waals surface area (Å²) in [5, 5.41) is 0. The molecule has 86 valence electrons. The second kappa shape index (κ2) is 11.0. The van der Waals surface area contributed by atoms with Gasteiger partial charge in [0.05, 0.1) is 6.61 Å². The lowest BCUT2D eigenvalue weighted by molar-refractivity contribution is -0.137.